The molecule has 0 spiro atoms. The zero-order chi connectivity index (χ0) is 22.1. The van der Waals surface area contributed by atoms with Crippen LogP contribution in [0.1, 0.15) is 30.9 Å². The van der Waals surface area contributed by atoms with Crippen molar-refractivity contribution in [3.8, 4) is 5.75 Å². The maximum absolute atomic E-state index is 12.7. The minimum absolute atomic E-state index is 0.134. The van der Waals surface area contributed by atoms with Gasteiger partial charge in [0.2, 0.25) is 0 Å². The number of thiocarbonyl (C=S) groups is 1. The summed E-state index contributed by atoms with van der Waals surface area (Å²) >= 11 is 6.56. The molecule has 162 valence electrons. The summed E-state index contributed by atoms with van der Waals surface area (Å²) in [5.74, 6) is 0.287. The second-order valence-electron chi connectivity index (χ2n) is 6.96. The van der Waals surface area contributed by atoms with Crippen LogP contribution in [0.2, 0.25) is 0 Å². The predicted octanol–water partition coefficient (Wildman–Crippen LogP) is 4.85. The maximum Gasteiger partial charge on any atom is 0.307 e. The van der Waals surface area contributed by atoms with E-state index in [4.69, 9.17) is 21.7 Å². The average Bonchev–Trinajstić information content (AvgIpc) is 3.05. The van der Waals surface area contributed by atoms with Gasteiger partial charge in [-0.2, -0.15) is 0 Å². The van der Waals surface area contributed by atoms with E-state index < -0.39 is 0 Å². The predicted molar refractivity (Wildman–Crippen MR) is 128 cm³/mol. The summed E-state index contributed by atoms with van der Waals surface area (Å²) < 4.78 is 11.3. The number of amides is 1. The molecule has 1 heterocycles. The Morgan fingerprint density at radius 2 is 1.84 bits per heavy atom. The molecular formula is C24H25NO4S2. The van der Waals surface area contributed by atoms with E-state index in [2.05, 4.69) is 12.1 Å². The number of esters is 1. The van der Waals surface area contributed by atoms with Gasteiger partial charge in [0.15, 0.2) is 0 Å². The smallest absolute Gasteiger partial charge is 0.307 e. The quantitative estimate of drug-likeness (QED) is 0.290. The lowest BCUT2D eigenvalue weighted by Gasteiger charge is -2.13. The molecule has 0 saturated carbocycles. The fourth-order valence-electron chi connectivity index (χ4n) is 2.93. The standard InChI is InChI=1S/C24H25NO4S2/c1-2-15-29-22(26)12-14-25-23(27)21(31-24(25)30)17-19-8-10-20(11-9-19)28-16-13-18-6-4-3-5-7-18/h3-11,17H,2,12-16H2,1H3/b21-17-. The third kappa shape index (κ3) is 6.94. The number of benzene rings is 2. The van der Waals surface area contributed by atoms with Crippen LogP contribution in [0.5, 0.6) is 5.75 Å². The molecule has 0 unspecified atom stereocenters. The Hall–Kier alpha value is -2.64. The molecule has 2 aromatic carbocycles. The first-order valence-electron chi connectivity index (χ1n) is 10.2. The molecule has 0 aromatic heterocycles. The van der Waals surface area contributed by atoms with Crippen molar-refractivity contribution in [3.05, 3.63) is 70.6 Å². The summed E-state index contributed by atoms with van der Waals surface area (Å²) in [7, 11) is 0. The van der Waals surface area contributed by atoms with E-state index in [-0.39, 0.29) is 24.8 Å². The van der Waals surface area contributed by atoms with E-state index >= 15 is 0 Å². The molecule has 1 amide bonds. The summed E-state index contributed by atoms with van der Waals surface area (Å²) in [6, 6.07) is 17.8. The molecule has 1 aliphatic rings. The minimum atomic E-state index is -0.317. The summed E-state index contributed by atoms with van der Waals surface area (Å²) in [6.45, 7) is 3.16. The van der Waals surface area contributed by atoms with Crippen molar-refractivity contribution in [1.82, 2.24) is 4.90 Å². The Labute approximate surface area is 192 Å². The summed E-state index contributed by atoms with van der Waals surface area (Å²) in [4.78, 5) is 26.4. The lowest BCUT2D eigenvalue weighted by molar-refractivity contribution is -0.143. The Balaban J connectivity index is 1.52. The Morgan fingerprint density at radius 3 is 2.55 bits per heavy atom. The van der Waals surface area contributed by atoms with Gasteiger partial charge in [0.1, 0.15) is 10.1 Å². The van der Waals surface area contributed by atoms with E-state index in [0.717, 1.165) is 24.2 Å². The van der Waals surface area contributed by atoms with E-state index in [1.807, 2.05) is 55.5 Å². The Kier molecular flexibility index (Phi) is 8.67. The van der Waals surface area contributed by atoms with Crippen molar-refractivity contribution >= 4 is 46.3 Å². The summed E-state index contributed by atoms with van der Waals surface area (Å²) in [5.41, 5.74) is 2.12. The highest BCUT2D eigenvalue weighted by Gasteiger charge is 2.32. The third-order valence-corrected chi connectivity index (χ3v) is 5.94. The molecule has 31 heavy (non-hydrogen) atoms. The van der Waals surface area contributed by atoms with Crippen molar-refractivity contribution < 1.29 is 19.1 Å². The molecule has 0 bridgehead atoms. The fourth-order valence-corrected chi connectivity index (χ4v) is 4.24. The van der Waals surface area contributed by atoms with E-state index in [1.165, 1.54) is 22.2 Å². The van der Waals surface area contributed by atoms with Crippen LogP contribution in [0.15, 0.2) is 59.5 Å². The molecule has 5 nitrogen and oxygen atoms in total. The molecule has 0 aliphatic carbocycles. The first-order chi connectivity index (χ1) is 15.1. The zero-order valence-corrected chi connectivity index (χ0v) is 19.0. The van der Waals surface area contributed by atoms with Gasteiger partial charge in [-0.05, 0) is 35.8 Å². The van der Waals surface area contributed by atoms with Gasteiger partial charge in [0, 0.05) is 13.0 Å². The number of carbonyl (C=O) groups is 2. The SMILES string of the molecule is CCCOC(=O)CCN1C(=O)/C(=C/c2ccc(OCCc3ccccc3)cc2)SC1=S. The van der Waals surface area contributed by atoms with E-state index in [9.17, 15) is 9.59 Å². The maximum atomic E-state index is 12.7. The molecule has 1 saturated heterocycles. The molecule has 1 fully saturated rings. The number of hydrogen-bond donors (Lipinski definition) is 0. The van der Waals surface area contributed by atoms with Gasteiger partial charge in [-0.1, -0.05) is 73.4 Å². The van der Waals surface area contributed by atoms with Crippen LogP contribution in [0.25, 0.3) is 6.08 Å². The monoisotopic (exact) mass is 455 g/mol. The number of ether oxygens (including phenoxy) is 2. The van der Waals surface area contributed by atoms with Crippen molar-refractivity contribution in [2.75, 3.05) is 19.8 Å². The Morgan fingerprint density at radius 1 is 1.10 bits per heavy atom. The number of rotatable bonds is 10. The molecule has 0 radical (unpaired) electrons. The highest BCUT2D eigenvalue weighted by Crippen LogP contribution is 2.32. The van der Waals surface area contributed by atoms with E-state index in [1.54, 1.807) is 0 Å². The van der Waals surface area contributed by atoms with Crippen LogP contribution < -0.4 is 4.74 Å². The van der Waals surface area contributed by atoms with Gasteiger partial charge in [0.25, 0.3) is 5.91 Å². The fraction of sp³-hybridized carbons (Fsp3) is 0.292. The number of hydrogen-bond acceptors (Lipinski definition) is 6. The van der Waals surface area contributed by atoms with Crippen LogP contribution in [-0.2, 0) is 20.7 Å². The van der Waals surface area contributed by atoms with Crippen molar-refractivity contribution in [1.29, 1.82) is 0 Å². The van der Waals surface area contributed by atoms with Gasteiger partial charge < -0.3 is 9.47 Å². The average molecular weight is 456 g/mol. The van der Waals surface area contributed by atoms with Gasteiger partial charge >= 0.3 is 5.97 Å². The number of thioether (sulfide) groups is 1. The zero-order valence-electron chi connectivity index (χ0n) is 17.4. The van der Waals surface area contributed by atoms with Gasteiger partial charge in [0.05, 0.1) is 24.5 Å². The van der Waals surface area contributed by atoms with E-state index in [0.29, 0.717) is 22.4 Å². The molecule has 0 N–H and O–H groups in total. The highest BCUT2D eigenvalue weighted by atomic mass is 32.2. The second kappa shape index (κ2) is 11.7. The first-order valence-corrected chi connectivity index (χ1v) is 11.5. The molecular weight excluding hydrogens is 430 g/mol. The Bertz CT molecular complexity index is 942. The third-order valence-electron chi connectivity index (χ3n) is 4.56. The molecule has 1 aliphatic heterocycles. The van der Waals surface area contributed by atoms with Crippen LogP contribution >= 0.6 is 24.0 Å². The topological polar surface area (TPSA) is 55.8 Å². The summed E-state index contributed by atoms with van der Waals surface area (Å²) in [5, 5.41) is 0. The van der Waals surface area contributed by atoms with Crippen LogP contribution in [0.4, 0.5) is 0 Å². The molecule has 0 atom stereocenters. The first kappa shape index (κ1) is 23.0. The van der Waals surface area contributed by atoms with Crippen LogP contribution in [-0.4, -0.2) is 40.9 Å². The normalized spacial score (nSPS) is 14.9. The largest absolute Gasteiger partial charge is 0.493 e. The molecule has 3 rings (SSSR count). The minimum Gasteiger partial charge on any atom is -0.493 e. The summed E-state index contributed by atoms with van der Waals surface area (Å²) in [6.07, 6.45) is 3.56. The number of nitrogens with zero attached hydrogens (tertiary/aromatic N) is 1. The van der Waals surface area contributed by atoms with Crippen LogP contribution in [0.3, 0.4) is 0 Å². The lowest BCUT2D eigenvalue weighted by atomic mass is 10.2. The van der Waals surface area contributed by atoms with Gasteiger partial charge in [-0.3, -0.25) is 14.5 Å². The molecule has 2 aromatic rings. The van der Waals surface area contributed by atoms with Crippen LogP contribution in [0, 0.1) is 0 Å². The lowest BCUT2D eigenvalue weighted by Crippen LogP contribution is -2.30. The van der Waals surface area contributed by atoms with Gasteiger partial charge in [-0.25, -0.2) is 0 Å². The van der Waals surface area contributed by atoms with Gasteiger partial charge in [-0.15, -0.1) is 0 Å². The van der Waals surface area contributed by atoms with Crippen molar-refractivity contribution in [3.63, 3.8) is 0 Å². The number of carbonyl (C=O) groups excluding carboxylic acids is 2. The van der Waals surface area contributed by atoms with Crippen molar-refractivity contribution in [2.45, 2.75) is 26.2 Å². The highest BCUT2D eigenvalue weighted by molar-refractivity contribution is 8.26. The molecule has 7 heteroatoms. The van der Waals surface area contributed by atoms with Crippen molar-refractivity contribution in [2.24, 2.45) is 0 Å². The second-order valence-corrected chi connectivity index (χ2v) is 8.63.